The minimum absolute atomic E-state index is 0.0407. The first-order valence-electron chi connectivity index (χ1n) is 8.02. The summed E-state index contributed by atoms with van der Waals surface area (Å²) in [5, 5.41) is 11.7. The largest absolute Gasteiger partial charge is 0.395 e. The van der Waals surface area contributed by atoms with Crippen molar-refractivity contribution in [1.29, 1.82) is 0 Å². The summed E-state index contributed by atoms with van der Waals surface area (Å²) in [5.74, 6) is -0.167. The van der Waals surface area contributed by atoms with Gasteiger partial charge in [-0.05, 0) is 36.2 Å². The van der Waals surface area contributed by atoms with Gasteiger partial charge in [0.1, 0.15) is 6.61 Å². The molecule has 0 heterocycles. The van der Waals surface area contributed by atoms with Crippen molar-refractivity contribution in [2.24, 2.45) is 0 Å². The lowest BCUT2D eigenvalue weighted by Crippen LogP contribution is -2.21. The van der Waals surface area contributed by atoms with Gasteiger partial charge in [0, 0.05) is 25.0 Å². The lowest BCUT2D eigenvalue weighted by Gasteiger charge is -2.18. The molecule has 0 bridgehead atoms. The maximum atomic E-state index is 11.9. The fraction of sp³-hybridized carbons (Fsp3) is 0.316. The van der Waals surface area contributed by atoms with Crippen LogP contribution >= 0.6 is 0 Å². The number of hydrogen-bond acceptors (Lipinski definition) is 4. The molecule has 2 aromatic carbocycles. The second-order valence-electron chi connectivity index (χ2n) is 5.53. The zero-order chi connectivity index (χ0) is 17.2. The molecule has 2 rings (SSSR count). The van der Waals surface area contributed by atoms with Gasteiger partial charge in [0.05, 0.1) is 13.2 Å². The van der Waals surface area contributed by atoms with Gasteiger partial charge in [0.25, 0.3) is 0 Å². The van der Waals surface area contributed by atoms with E-state index >= 15 is 0 Å². The Labute approximate surface area is 142 Å². The lowest BCUT2D eigenvalue weighted by molar-refractivity contribution is -0.120. The van der Waals surface area contributed by atoms with Crippen LogP contribution in [0.15, 0.2) is 54.6 Å². The molecule has 2 N–H and O–H groups in total. The van der Waals surface area contributed by atoms with Crippen LogP contribution in [0.2, 0.25) is 0 Å². The van der Waals surface area contributed by atoms with Gasteiger partial charge >= 0.3 is 0 Å². The number of likely N-dealkylation sites (N-methyl/N-ethyl adjacent to an activating group) is 1. The van der Waals surface area contributed by atoms with E-state index in [4.69, 9.17) is 9.84 Å². The topological polar surface area (TPSA) is 61.8 Å². The highest BCUT2D eigenvalue weighted by atomic mass is 16.5. The number of nitrogens with one attached hydrogen (secondary N) is 1. The van der Waals surface area contributed by atoms with Crippen LogP contribution in [0.25, 0.3) is 0 Å². The molecule has 0 spiro atoms. The van der Waals surface area contributed by atoms with E-state index in [9.17, 15) is 4.79 Å². The summed E-state index contributed by atoms with van der Waals surface area (Å²) in [6, 6.07) is 17.5. The van der Waals surface area contributed by atoms with Gasteiger partial charge in [-0.1, -0.05) is 30.3 Å². The maximum absolute atomic E-state index is 11.9. The number of carbonyl (C=O) groups excluding carboxylic acids is 1. The number of ether oxygens (including phenoxy) is 1. The summed E-state index contributed by atoms with van der Waals surface area (Å²) in [4.78, 5) is 13.8. The number of rotatable bonds is 9. The Balaban J connectivity index is 1.70. The molecule has 0 atom stereocenters. The van der Waals surface area contributed by atoms with Crippen LogP contribution in [0.5, 0.6) is 0 Å². The molecular weight excluding hydrogens is 304 g/mol. The van der Waals surface area contributed by atoms with E-state index in [-0.39, 0.29) is 19.1 Å². The third kappa shape index (κ3) is 6.02. The van der Waals surface area contributed by atoms with Crippen molar-refractivity contribution < 1.29 is 14.6 Å². The van der Waals surface area contributed by atoms with Crippen LogP contribution in [0.4, 0.5) is 11.4 Å². The predicted octanol–water partition coefficient (Wildman–Crippen LogP) is 2.31. The smallest absolute Gasteiger partial charge is 0.250 e. The Morgan fingerprint density at radius 2 is 1.83 bits per heavy atom. The zero-order valence-electron chi connectivity index (χ0n) is 13.9. The molecule has 0 aliphatic heterocycles. The van der Waals surface area contributed by atoms with Crippen LogP contribution in [0.3, 0.4) is 0 Å². The van der Waals surface area contributed by atoms with Gasteiger partial charge in [-0.15, -0.1) is 0 Å². The fourth-order valence-corrected chi connectivity index (χ4v) is 2.27. The van der Waals surface area contributed by atoms with Gasteiger partial charge in [0.15, 0.2) is 0 Å². The SMILES string of the molecule is CN(CCO)c1ccc(NC(=O)COCCc2ccccc2)cc1. The first-order chi connectivity index (χ1) is 11.7. The molecule has 5 heteroatoms. The third-order valence-corrected chi connectivity index (χ3v) is 3.64. The second-order valence-corrected chi connectivity index (χ2v) is 5.53. The number of aliphatic hydroxyl groups is 1. The van der Waals surface area contributed by atoms with Gasteiger partial charge < -0.3 is 20.1 Å². The number of hydrogen-bond donors (Lipinski definition) is 2. The van der Waals surface area contributed by atoms with Gasteiger partial charge in [-0.3, -0.25) is 4.79 Å². The molecule has 0 saturated heterocycles. The Bertz CT molecular complexity index is 614. The third-order valence-electron chi connectivity index (χ3n) is 3.64. The van der Waals surface area contributed by atoms with Gasteiger partial charge in [-0.25, -0.2) is 0 Å². The number of carbonyl (C=O) groups is 1. The van der Waals surface area contributed by atoms with Crippen LogP contribution < -0.4 is 10.2 Å². The zero-order valence-corrected chi connectivity index (χ0v) is 13.9. The second kappa shape index (κ2) is 9.70. The van der Waals surface area contributed by atoms with E-state index < -0.39 is 0 Å². The van der Waals surface area contributed by atoms with Crippen LogP contribution in [0.1, 0.15) is 5.56 Å². The maximum Gasteiger partial charge on any atom is 0.250 e. The predicted molar refractivity (Wildman–Crippen MR) is 96.4 cm³/mol. The van der Waals surface area contributed by atoms with Crippen molar-refractivity contribution in [1.82, 2.24) is 0 Å². The molecule has 24 heavy (non-hydrogen) atoms. The van der Waals surface area contributed by atoms with E-state index in [1.165, 1.54) is 5.56 Å². The van der Waals surface area contributed by atoms with Crippen molar-refractivity contribution in [3.05, 3.63) is 60.2 Å². The number of anilines is 2. The van der Waals surface area contributed by atoms with Crippen molar-refractivity contribution in [3.63, 3.8) is 0 Å². The summed E-state index contributed by atoms with van der Waals surface area (Å²) in [5.41, 5.74) is 2.91. The molecule has 5 nitrogen and oxygen atoms in total. The molecule has 0 aromatic heterocycles. The summed E-state index contributed by atoms with van der Waals surface area (Å²) in [6.07, 6.45) is 0.792. The van der Waals surface area contributed by atoms with Crippen LogP contribution in [0, 0.1) is 0 Å². The summed E-state index contributed by atoms with van der Waals surface area (Å²) in [6.45, 7) is 1.23. The van der Waals surface area contributed by atoms with E-state index in [0.717, 1.165) is 17.8 Å². The molecule has 2 aromatic rings. The molecule has 0 saturated carbocycles. The Hall–Kier alpha value is -2.37. The molecular formula is C19H24N2O3. The number of aliphatic hydroxyl groups excluding tert-OH is 1. The monoisotopic (exact) mass is 328 g/mol. The molecule has 0 unspecified atom stereocenters. The summed E-state index contributed by atoms with van der Waals surface area (Å²) in [7, 11) is 1.91. The molecule has 0 radical (unpaired) electrons. The molecule has 1 amide bonds. The first-order valence-corrected chi connectivity index (χ1v) is 8.02. The lowest BCUT2D eigenvalue weighted by atomic mass is 10.2. The Morgan fingerprint density at radius 3 is 2.50 bits per heavy atom. The average molecular weight is 328 g/mol. The minimum Gasteiger partial charge on any atom is -0.395 e. The quantitative estimate of drug-likeness (QED) is 0.694. The normalized spacial score (nSPS) is 10.4. The van der Waals surface area contributed by atoms with E-state index in [0.29, 0.717) is 13.2 Å². The van der Waals surface area contributed by atoms with Crippen molar-refractivity contribution in [2.45, 2.75) is 6.42 Å². The molecule has 0 aliphatic carbocycles. The Kier molecular flexibility index (Phi) is 7.26. The van der Waals surface area contributed by atoms with Crippen LogP contribution in [-0.4, -0.2) is 44.4 Å². The van der Waals surface area contributed by atoms with Gasteiger partial charge in [-0.2, -0.15) is 0 Å². The molecule has 128 valence electrons. The van der Waals surface area contributed by atoms with Gasteiger partial charge in [0.2, 0.25) is 5.91 Å². The van der Waals surface area contributed by atoms with Crippen LogP contribution in [-0.2, 0) is 16.0 Å². The average Bonchev–Trinajstić information content (AvgIpc) is 2.60. The fourth-order valence-electron chi connectivity index (χ4n) is 2.27. The number of amides is 1. The minimum atomic E-state index is -0.167. The highest BCUT2D eigenvalue weighted by Crippen LogP contribution is 2.16. The van der Waals surface area contributed by atoms with E-state index in [1.54, 1.807) is 0 Å². The summed E-state index contributed by atoms with van der Waals surface area (Å²) < 4.78 is 5.42. The number of benzene rings is 2. The van der Waals surface area contributed by atoms with Crippen molar-refractivity contribution in [3.8, 4) is 0 Å². The number of nitrogens with zero attached hydrogens (tertiary/aromatic N) is 1. The molecule has 0 aliphatic rings. The Morgan fingerprint density at radius 1 is 1.12 bits per heavy atom. The summed E-state index contributed by atoms with van der Waals surface area (Å²) >= 11 is 0. The van der Waals surface area contributed by atoms with E-state index in [2.05, 4.69) is 5.32 Å². The van der Waals surface area contributed by atoms with Crippen molar-refractivity contribution in [2.75, 3.05) is 43.6 Å². The highest BCUT2D eigenvalue weighted by Gasteiger charge is 2.04. The standard InChI is InChI=1S/C19H24N2O3/c1-21(12-13-22)18-9-7-17(8-10-18)20-19(23)15-24-14-11-16-5-3-2-4-6-16/h2-10,22H,11-15H2,1H3,(H,20,23). The molecule has 0 fully saturated rings. The first kappa shape index (κ1) is 18.0. The highest BCUT2D eigenvalue weighted by molar-refractivity contribution is 5.91. The van der Waals surface area contributed by atoms with E-state index in [1.807, 2.05) is 66.5 Å². The van der Waals surface area contributed by atoms with Crippen molar-refractivity contribution >= 4 is 17.3 Å².